The van der Waals surface area contributed by atoms with Gasteiger partial charge in [0.25, 0.3) is 0 Å². The average molecular weight is 423 g/mol. The summed E-state index contributed by atoms with van der Waals surface area (Å²) in [6.07, 6.45) is 0.801. The lowest BCUT2D eigenvalue weighted by Gasteiger charge is -2.40. The highest BCUT2D eigenvalue weighted by Crippen LogP contribution is 2.38. The number of ether oxygens (including phenoxy) is 1. The fourth-order valence-corrected chi connectivity index (χ4v) is 4.98. The number of hydrogen-bond donors (Lipinski definition) is 1. The molecule has 29 heavy (non-hydrogen) atoms. The first-order chi connectivity index (χ1) is 13.3. The van der Waals surface area contributed by atoms with Crippen molar-refractivity contribution in [3.63, 3.8) is 0 Å². The molecule has 0 unspecified atom stereocenters. The van der Waals surface area contributed by atoms with E-state index < -0.39 is 15.4 Å². The highest BCUT2D eigenvalue weighted by Gasteiger charge is 2.36. The van der Waals surface area contributed by atoms with Gasteiger partial charge in [-0.05, 0) is 50.5 Å². The first-order valence-electron chi connectivity index (χ1n) is 9.80. The first kappa shape index (κ1) is 21.6. The normalized spacial score (nSPS) is 17.7. The van der Waals surface area contributed by atoms with Gasteiger partial charge in [-0.25, -0.2) is 13.2 Å². The smallest absolute Gasteiger partial charge is 0.410 e. The van der Waals surface area contributed by atoms with Crippen LogP contribution in [0.2, 0.25) is 0 Å². The largest absolute Gasteiger partial charge is 0.444 e. The number of sulfone groups is 1. The minimum atomic E-state index is -3.47. The number of rotatable bonds is 3. The number of carbonyl (C=O) groups is 1. The van der Waals surface area contributed by atoms with E-state index in [4.69, 9.17) is 4.74 Å². The van der Waals surface area contributed by atoms with Gasteiger partial charge >= 0.3 is 6.09 Å². The molecule has 0 fully saturated rings. The summed E-state index contributed by atoms with van der Waals surface area (Å²) in [5.74, 6) is 0.137. The maximum atomic E-state index is 12.8. The van der Waals surface area contributed by atoms with Crippen molar-refractivity contribution in [2.75, 3.05) is 12.8 Å². The quantitative estimate of drug-likeness (QED) is 0.818. The van der Waals surface area contributed by atoms with Gasteiger partial charge in [0, 0.05) is 35.9 Å². The molecule has 1 aromatic carbocycles. The fourth-order valence-electron chi connectivity index (χ4n) is 4.06. The lowest BCUT2D eigenvalue weighted by atomic mass is 9.97. The SMILES string of the molecule is CC(C)[C@@H]1c2cc3cc(CO)c(S(C)(=O)=O)cc3n2CCN1C(=O)OC(C)(C)C. The molecule has 1 N–H and O–H groups in total. The van der Waals surface area contributed by atoms with Gasteiger partial charge in [0.2, 0.25) is 0 Å². The van der Waals surface area contributed by atoms with Crippen molar-refractivity contribution in [1.29, 1.82) is 0 Å². The molecule has 0 aliphatic carbocycles. The third-order valence-electron chi connectivity index (χ3n) is 5.15. The summed E-state index contributed by atoms with van der Waals surface area (Å²) in [7, 11) is -3.47. The van der Waals surface area contributed by atoms with Crippen LogP contribution in [0.5, 0.6) is 0 Å². The van der Waals surface area contributed by atoms with Crippen LogP contribution in [0.1, 0.15) is 51.9 Å². The van der Waals surface area contributed by atoms with E-state index in [1.807, 2.05) is 26.8 Å². The van der Waals surface area contributed by atoms with Crippen LogP contribution in [0, 0.1) is 5.92 Å². The summed E-state index contributed by atoms with van der Waals surface area (Å²) >= 11 is 0. The molecule has 1 aliphatic heterocycles. The fraction of sp³-hybridized carbons (Fsp3) is 0.571. The molecule has 0 saturated heterocycles. The molecule has 2 heterocycles. The molecule has 1 aliphatic rings. The highest BCUT2D eigenvalue weighted by atomic mass is 32.2. The predicted octanol–water partition coefficient (Wildman–Crippen LogP) is 3.48. The average Bonchev–Trinajstić information content (AvgIpc) is 2.94. The van der Waals surface area contributed by atoms with Gasteiger partial charge in [-0.3, -0.25) is 4.90 Å². The number of hydrogen-bond acceptors (Lipinski definition) is 5. The van der Waals surface area contributed by atoms with Gasteiger partial charge in [-0.1, -0.05) is 13.8 Å². The van der Waals surface area contributed by atoms with Gasteiger partial charge in [-0.2, -0.15) is 0 Å². The van der Waals surface area contributed by atoms with Crippen LogP contribution in [-0.4, -0.2) is 47.5 Å². The molecule has 3 rings (SSSR count). The summed E-state index contributed by atoms with van der Waals surface area (Å²) in [6, 6.07) is 5.17. The Kier molecular flexibility index (Phi) is 5.47. The Labute approximate surface area is 172 Å². The number of aliphatic hydroxyl groups is 1. The molecule has 1 atom stereocenters. The van der Waals surface area contributed by atoms with Gasteiger partial charge in [0.05, 0.1) is 17.5 Å². The first-order valence-corrected chi connectivity index (χ1v) is 11.7. The van der Waals surface area contributed by atoms with E-state index in [0.717, 1.165) is 22.9 Å². The number of carbonyl (C=O) groups excluding carboxylic acids is 1. The van der Waals surface area contributed by atoms with Crippen LogP contribution in [-0.2, 0) is 27.7 Å². The third-order valence-corrected chi connectivity index (χ3v) is 6.33. The third kappa shape index (κ3) is 4.14. The number of nitrogens with zero attached hydrogens (tertiary/aromatic N) is 2. The van der Waals surface area contributed by atoms with Gasteiger partial charge in [0.15, 0.2) is 9.84 Å². The predicted molar refractivity (Wildman–Crippen MR) is 111 cm³/mol. The van der Waals surface area contributed by atoms with Gasteiger partial charge < -0.3 is 14.4 Å². The van der Waals surface area contributed by atoms with Gasteiger partial charge in [0.1, 0.15) is 5.60 Å². The van der Waals surface area contributed by atoms with Crippen molar-refractivity contribution in [3.05, 3.63) is 29.5 Å². The van der Waals surface area contributed by atoms with E-state index in [2.05, 4.69) is 18.4 Å². The number of aliphatic hydroxyl groups excluding tert-OH is 1. The van der Waals surface area contributed by atoms with Crippen molar-refractivity contribution in [2.45, 2.75) is 64.3 Å². The molecule has 0 radical (unpaired) electrons. The molecule has 1 aromatic heterocycles. The summed E-state index contributed by atoms with van der Waals surface area (Å²) in [5.41, 5.74) is 1.55. The Bertz CT molecular complexity index is 1050. The van der Waals surface area contributed by atoms with Crippen LogP contribution in [0.15, 0.2) is 23.1 Å². The molecule has 8 heteroatoms. The summed E-state index contributed by atoms with van der Waals surface area (Å²) in [4.78, 5) is 14.7. The maximum absolute atomic E-state index is 12.8. The number of benzene rings is 1. The van der Waals surface area contributed by atoms with E-state index >= 15 is 0 Å². The maximum Gasteiger partial charge on any atom is 0.410 e. The Hall–Kier alpha value is -2.06. The Morgan fingerprint density at radius 3 is 2.41 bits per heavy atom. The molecule has 1 amide bonds. The van der Waals surface area contributed by atoms with E-state index in [9.17, 15) is 18.3 Å². The number of fused-ring (bicyclic) bond motifs is 3. The summed E-state index contributed by atoms with van der Waals surface area (Å²) in [5, 5.41) is 10.5. The van der Waals surface area contributed by atoms with Crippen molar-refractivity contribution >= 4 is 26.8 Å². The second-order valence-electron chi connectivity index (χ2n) is 9.03. The van der Waals surface area contributed by atoms with Crippen molar-refractivity contribution < 1.29 is 23.1 Å². The molecule has 2 aromatic rings. The van der Waals surface area contributed by atoms with Crippen LogP contribution >= 0.6 is 0 Å². The lowest BCUT2D eigenvalue weighted by Crippen LogP contribution is -2.46. The zero-order valence-corrected chi connectivity index (χ0v) is 18.7. The lowest BCUT2D eigenvalue weighted by molar-refractivity contribution is 0.00483. The van der Waals surface area contributed by atoms with Crippen LogP contribution in [0.4, 0.5) is 4.79 Å². The standard InChI is InChI=1S/C21H30N2O5S/c1-13(2)19-17-10-14-9-15(12-24)18(29(6,26)27)11-16(14)22(17)7-8-23(19)20(25)28-21(3,4)5/h9-11,13,19,24H,7-8,12H2,1-6H3/t19-/m1/s1. The van der Waals surface area contributed by atoms with Gasteiger partial charge in [-0.15, -0.1) is 0 Å². The topological polar surface area (TPSA) is 88.8 Å². The van der Waals surface area contributed by atoms with Crippen molar-refractivity contribution in [1.82, 2.24) is 9.47 Å². The number of amides is 1. The monoisotopic (exact) mass is 422 g/mol. The Morgan fingerprint density at radius 2 is 1.90 bits per heavy atom. The molecule has 0 bridgehead atoms. The Balaban J connectivity index is 2.14. The second-order valence-corrected chi connectivity index (χ2v) is 11.0. The molecular weight excluding hydrogens is 392 g/mol. The van der Waals surface area contributed by atoms with E-state index in [1.54, 1.807) is 17.0 Å². The second kappa shape index (κ2) is 7.32. The zero-order valence-electron chi connectivity index (χ0n) is 17.9. The van der Waals surface area contributed by atoms with E-state index in [-0.39, 0.29) is 29.6 Å². The molecule has 0 spiro atoms. The molecule has 7 nitrogen and oxygen atoms in total. The molecule has 160 valence electrons. The summed E-state index contributed by atoms with van der Waals surface area (Å²) < 4.78 is 32.1. The summed E-state index contributed by atoms with van der Waals surface area (Å²) in [6.45, 7) is 10.3. The zero-order chi connectivity index (χ0) is 21.7. The van der Waals surface area contributed by atoms with Crippen molar-refractivity contribution in [3.8, 4) is 0 Å². The highest BCUT2D eigenvalue weighted by molar-refractivity contribution is 7.90. The molecule has 0 saturated carbocycles. The minimum absolute atomic E-state index is 0.137. The Morgan fingerprint density at radius 1 is 1.24 bits per heavy atom. The van der Waals surface area contributed by atoms with E-state index in [0.29, 0.717) is 18.7 Å². The number of aromatic nitrogens is 1. The van der Waals surface area contributed by atoms with E-state index in [1.165, 1.54) is 0 Å². The van der Waals surface area contributed by atoms with Crippen LogP contribution in [0.25, 0.3) is 10.9 Å². The van der Waals surface area contributed by atoms with Crippen LogP contribution < -0.4 is 0 Å². The van der Waals surface area contributed by atoms with Crippen molar-refractivity contribution in [2.24, 2.45) is 5.92 Å². The molecular formula is C21H30N2O5S. The van der Waals surface area contributed by atoms with Crippen LogP contribution in [0.3, 0.4) is 0 Å². The minimum Gasteiger partial charge on any atom is -0.444 e.